The van der Waals surface area contributed by atoms with E-state index in [9.17, 15) is 14.7 Å². The maximum Gasteiger partial charge on any atom is 0.411 e. The zero-order valence-corrected chi connectivity index (χ0v) is 13.1. The summed E-state index contributed by atoms with van der Waals surface area (Å²) in [4.78, 5) is 25.4. The predicted molar refractivity (Wildman–Crippen MR) is 76.7 cm³/mol. The van der Waals surface area contributed by atoms with E-state index in [0.29, 0.717) is 19.4 Å². The summed E-state index contributed by atoms with van der Waals surface area (Å²) in [5.74, 6) is -0.906. The highest BCUT2D eigenvalue weighted by Gasteiger charge is 2.50. The highest BCUT2D eigenvalue weighted by Crippen LogP contribution is 2.35. The van der Waals surface area contributed by atoms with E-state index in [1.54, 1.807) is 20.8 Å². The van der Waals surface area contributed by atoms with E-state index >= 15 is 0 Å². The maximum atomic E-state index is 12.3. The lowest BCUT2D eigenvalue weighted by molar-refractivity contribution is -0.150. The molecule has 20 heavy (non-hydrogen) atoms. The molecule has 0 unspecified atom stereocenters. The predicted octanol–water partition coefficient (Wildman–Crippen LogP) is 3.42. The number of aliphatic carboxylic acids is 1. The van der Waals surface area contributed by atoms with E-state index in [1.807, 2.05) is 0 Å². The van der Waals surface area contributed by atoms with Crippen LogP contribution in [0, 0.1) is 0 Å². The number of rotatable bonds is 5. The lowest BCUT2D eigenvalue weighted by Crippen LogP contribution is -2.54. The van der Waals surface area contributed by atoms with Crippen LogP contribution in [0.4, 0.5) is 4.79 Å². The molecule has 0 aromatic carbocycles. The molecule has 1 aliphatic rings. The summed E-state index contributed by atoms with van der Waals surface area (Å²) in [7, 11) is 0. The van der Waals surface area contributed by atoms with Gasteiger partial charge in [-0.2, -0.15) is 0 Å². The van der Waals surface area contributed by atoms with Crippen molar-refractivity contribution in [1.29, 1.82) is 0 Å². The van der Waals surface area contributed by atoms with Crippen LogP contribution >= 0.6 is 0 Å². The largest absolute Gasteiger partial charge is 0.479 e. The monoisotopic (exact) mass is 285 g/mol. The Balaban J connectivity index is 2.86. The van der Waals surface area contributed by atoms with Gasteiger partial charge in [-0.15, -0.1) is 0 Å². The van der Waals surface area contributed by atoms with Crippen molar-refractivity contribution >= 4 is 12.1 Å². The van der Waals surface area contributed by atoms with Gasteiger partial charge in [-0.25, -0.2) is 9.59 Å². The van der Waals surface area contributed by atoms with Gasteiger partial charge in [-0.05, 0) is 40.0 Å². The average Bonchev–Trinajstić information content (AvgIpc) is 2.72. The van der Waals surface area contributed by atoms with E-state index in [4.69, 9.17) is 4.74 Å². The number of carboxylic acids is 1. The van der Waals surface area contributed by atoms with Crippen LogP contribution in [0.3, 0.4) is 0 Å². The number of unbranched alkanes of at least 4 members (excludes halogenated alkanes) is 2. The number of nitrogens with zero attached hydrogens (tertiary/aromatic N) is 1. The summed E-state index contributed by atoms with van der Waals surface area (Å²) >= 11 is 0. The molecule has 5 heteroatoms. The summed E-state index contributed by atoms with van der Waals surface area (Å²) in [6.45, 7) is 7.92. The van der Waals surface area contributed by atoms with Crippen molar-refractivity contribution in [3.63, 3.8) is 0 Å². The topological polar surface area (TPSA) is 66.8 Å². The summed E-state index contributed by atoms with van der Waals surface area (Å²) in [6, 6.07) is 0. The van der Waals surface area contributed by atoms with Crippen LogP contribution in [0.5, 0.6) is 0 Å². The van der Waals surface area contributed by atoms with Crippen LogP contribution in [-0.2, 0) is 9.53 Å². The molecule has 1 rings (SSSR count). The molecule has 0 aliphatic carbocycles. The van der Waals surface area contributed by atoms with Crippen molar-refractivity contribution < 1.29 is 19.4 Å². The quantitative estimate of drug-likeness (QED) is 0.786. The zero-order chi connectivity index (χ0) is 15.4. The van der Waals surface area contributed by atoms with Gasteiger partial charge in [0.1, 0.15) is 11.1 Å². The average molecular weight is 285 g/mol. The molecule has 116 valence electrons. The van der Waals surface area contributed by atoms with Gasteiger partial charge in [0.05, 0.1) is 0 Å². The Bertz CT molecular complexity index is 361. The van der Waals surface area contributed by atoms with Crippen molar-refractivity contribution in [1.82, 2.24) is 4.90 Å². The van der Waals surface area contributed by atoms with Crippen LogP contribution < -0.4 is 0 Å². The van der Waals surface area contributed by atoms with Crippen LogP contribution in [0.25, 0.3) is 0 Å². The molecule has 5 nitrogen and oxygen atoms in total. The molecule has 1 saturated heterocycles. The number of carbonyl (C=O) groups is 2. The van der Waals surface area contributed by atoms with Crippen molar-refractivity contribution in [3.05, 3.63) is 0 Å². The third-order valence-electron chi connectivity index (χ3n) is 3.69. The first-order valence-corrected chi connectivity index (χ1v) is 7.47. The van der Waals surface area contributed by atoms with Gasteiger partial charge < -0.3 is 9.84 Å². The Labute approximate surface area is 121 Å². The second kappa shape index (κ2) is 6.46. The molecular weight excluding hydrogens is 258 g/mol. The van der Waals surface area contributed by atoms with Gasteiger partial charge in [-0.1, -0.05) is 26.2 Å². The van der Waals surface area contributed by atoms with Gasteiger partial charge in [0.25, 0.3) is 0 Å². The minimum absolute atomic E-state index is 0.466. The Hall–Kier alpha value is -1.26. The second-order valence-electron chi connectivity index (χ2n) is 6.53. The van der Waals surface area contributed by atoms with Crippen molar-refractivity contribution in [3.8, 4) is 0 Å². The lowest BCUT2D eigenvalue weighted by Gasteiger charge is -2.36. The van der Waals surface area contributed by atoms with E-state index in [2.05, 4.69) is 6.92 Å². The number of hydrogen-bond acceptors (Lipinski definition) is 3. The van der Waals surface area contributed by atoms with Gasteiger partial charge in [0.15, 0.2) is 0 Å². The molecule has 1 amide bonds. The third-order valence-corrected chi connectivity index (χ3v) is 3.69. The molecule has 1 N–H and O–H groups in total. The van der Waals surface area contributed by atoms with Crippen molar-refractivity contribution in [2.45, 2.75) is 77.4 Å². The fourth-order valence-electron chi connectivity index (χ4n) is 2.72. The molecule has 1 aliphatic heterocycles. The first-order chi connectivity index (χ1) is 9.23. The first kappa shape index (κ1) is 16.8. The molecule has 0 aromatic rings. The molecule has 0 bridgehead atoms. The molecule has 1 fully saturated rings. The first-order valence-electron chi connectivity index (χ1n) is 7.47. The molecule has 0 spiro atoms. The second-order valence-corrected chi connectivity index (χ2v) is 6.53. The Morgan fingerprint density at radius 2 is 1.95 bits per heavy atom. The smallest absolute Gasteiger partial charge is 0.411 e. The molecule has 0 radical (unpaired) electrons. The SMILES string of the molecule is CCCCC[C@@]1(C(=O)O)CCCN1C(=O)OC(C)(C)C. The highest BCUT2D eigenvalue weighted by molar-refractivity contribution is 5.85. The van der Waals surface area contributed by atoms with Crippen molar-refractivity contribution in [2.24, 2.45) is 0 Å². The minimum Gasteiger partial charge on any atom is -0.479 e. The summed E-state index contributed by atoms with van der Waals surface area (Å²) < 4.78 is 5.36. The van der Waals surface area contributed by atoms with Gasteiger partial charge in [-0.3, -0.25) is 4.90 Å². The standard InChI is InChI=1S/C15H27NO4/c1-5-6-7-9-15(12(17)18)10-8-11-16(15)13(19)20-14(2,3)4/h5-11H2,1-4H3,(H,17,18)/t15-/m0/s1. The third kappa shape index (κ3) is 3.87. The van der Waals surface area contributed by atoms with Gasteiger partial charge in [0, 0.05) is 6.54 Å². The number of ether oxygens (including phenoxy) is 1. The van der Waals surface area contributed by atoms with Crippen LogP contribution in [-0.4, -0.2) is 39.8 Å². The minimum atomic E-state index is -1.07. The Kier molecular flexibility index (Phi) is 5.42. The highest BCUT2D eigenvalue weighted by atomic mass is 16.6. The molecule has 0 saturated carbocycles. The number of carbonyl (C=O) groups excluding carboxylic acids is 1. The van der Waals surface area contributed by atoms with Crippen molar-refractivity contribution in [2.75, 3.05) is 6.54 Å². The normalized spacial score (nSPS) is 22.9. The maximum absolute atomic E-state index is 12.3. The van der Waals surface area contributed by atoms with Crippen LogP contribution in [0.2, 0.25) is 0 Å². The molecule has 1 atom stereocenters. The number of likely N-dealkylation sites (tertiary alicyclic amines) is 1. The van der Waals surface area contributed by atoms with E-state index < -0.39 is 23.2 Å². The van der Waals surface area contributed by atoms with Gasteiger partial charge >= 0.3 is 12.1 Å². The van der Waals surface area contributed by atoms with Gasteiger partial charge in [0.2, 0.25) is 0 Å². The zero-order valence-electron chi connectivity index (χ0n) is 13.1. The van der Waals surface area contributed by atoms with Crippen LogP contribution in [0.1, 0.15) is 66.2 Å². The summed E-state index contributed by atoms with van der Waals surface area (Å²) in [5, 5.41) is 9.63. The van der Waals surface area contributed by atoms with Crippen LogP contribution in [0.15, 0.2) is 0 Å². The van der Waals surface area contributed by atoms with E-state index in [-0.39, 0.29) is 0 Å². The van der Waals surface area contributed by atoms with E-state index in [0.717, 1.165) is 25.7 Å². The lowest BCUT2D eigenvalue weighted by atomic mass is 9.89. The number of carboxylic acid groups (broad SMARTS) is 1. The number of amides is 1. The fraction of sp³-hybridized carbons (Fsp3) is 0.867. The summed E-state index contributed by atoms with van der Waals surface area (Å²) in [5.41, 5.74) is -1.68. The molecular formula is C15H27NO4. The Morgan fingerprint density at radius 3 is 2.45 bits per heavy atom. The number of hydrogen-bond donors (Lipinski definition) is 1. The van der Waals surface area contributed by atoms with E-state index in [1.165, 1.54) is 4.90 Å². The Morgan fingerprint density at radius 1 is 1.30 bits per heavy atom. The summed E-state index contributed by atoms with van der Waals surface area (Å²) in [6.07, 6.45) is 4.08. The fourth-order valence-corrected chi connectivity index (χ4v) is 2.72. The molecule has 1 heterocycles. The molecule has 0 aromatic heterocycles.